The maximum atomic E-state index is 12.2. The number of nitrogens with zero attached hydrogens (tertiary/aromatic N) is 6. The van der Waals surface area contributed by atoms with E-state index in [2.05, 4.69) is 15.1 Å². The highest BCUT2D eigenvalue weighted by atomic mass is 35.5. The minimum Gasteiger partial charge on any atom is -0.273 e. The van der Waals surface area contributed by atoms with Crippen molar-refractivity contribution in [2.24, 2.45) is 7.05 Å². The fourth-order valence-corrected chi connectivity index (χ4v) is 3.13. The van der Waals surface area contributed by atoms with Gasteiger partial charge in [0.1, 0.15) is 11.0 Å². The zero-order chi connectivity index (χ0) is 17.7. The van der Waals surface area contributed by atoms with E-state index in [9.17, 15) is 4.79 Å². The molecule has 0 amide bonds. The van der Waals surface area contributed by atoms with Crippen LogP contribution in [0.4, 0.5) is 0 Å². The lowest BCUT2D eigenvalue weighted by molar-refractivity contribution is 0.723. The molecule has 0 atom stereocenters. The number of hydrogen-bond donors (Lipinski definition) is 0. The molecule has 3 aromatic heterocycles. The van der Waals surface area contributed by atoms with Crippen LogP contribution in [0.2, 0.25) is 5.15 Å². The number of hydrogen-bond acceptors (Lipinski definition) is 4. The molecule has 0 saturated heterocycles. The Labute approximate surface area is 148 Å². The standard InChI is InChI=1S/C17H15ClN6O/c1-10-8-15(18)23-9-14(20-16(23)19-10)12-4-6-13(7-5-12)24-11(2)21-22(3)17(24)25/h4-9H,1-3H3. The number of benzene rings is 1. The molecule has 0 bridgehead atoms. The van der Waals surface area contributed by atoms with Crippen molar-refractivity contribution in [1.82, 2.24) is 28.7 Å². The SMILES string of the molecule is Cc1cc(Cl)n2cc(-c3ccc(-n4c(C)nn(C)c4=O)cc3)nc2n1. The van der Waals surface area contributed by atoms with Gasteiger partial charge < -0.3 is 0 Å². The largest absolute Gasteiger partial charge is 0.350 e. The maximum Gasteiger partial charge on any atom is 0.350 e. The van der Waals surface area contributed by atoms with Gasteiger partial charge in [0, 0.05) is 24.5 Å². The van der Waals surface area contributed by atoms with Gasteiger partial charge in [-0.2, -0.15) is 5.10 Å². The van der Waals surface area contributed by atoms with Gasteiger partial charge in [-0.3, -0.25) is 4.40 Å². The minimum absolute atomic E-state index is 0.176. The number of fused-ring (bicyclic) bond motifs is 1. The Bertz CT molecular complexity index is 1150. The number of aromatic nitrogens is 6. The smallest absolute Gasteiger partial charge is 0.273 e. The molecule has 0 unspecified atom stereocenters. The lowest BCUT2D eigenvalue weighted by atomic mass is 10.1. The fourth-order valence-electron chi connectivity index (χ4n) is 2.84. The molecule has 1 aromatic carbocycles. The Hall–Kier alpha value is -2.93. The molecule has 0 spiro atoms. The molecule has 8 heteroatoms. The van der Waals surface area contributed by atoms with Gasteiger partial charge in [-0.05, 0) is 32.0 Å². The molecule has 0 aliphatic carbocycles. The van der Waals surface area contributed by atoms with Crippen LogP contribution >= 0.6 is 11.6 Å². The van der Waals surface area contributed by atoms with E-state index in [1.807, 2.05) is 37.4 Å². The second kappa shape index (κ2) is 5.56. The highest BCUT2D eigenvalue weighted by Gasteiger charge is 2.11. The topological polar surface area (TPSA) is 70.0 Å². The van der Waals surface area contributed by atoms with Crippen LogP contribution in [0.5, 0.6) is 0 Å². The Morgan fingerprint density at radius 3 is 2.44 bits per heavy atom. The molecule has 0 radical (unpaired) electrons. The van der Waals surface area contributed by atoms with Gasteiger partial charge in [-0.15, -0.1) is 0 Å². The van der Waals surface area contributed by atoms with Crippen LogP contribution in [0.1, 0.15) is 11.5 Å². The van der Waals surface area contributed by atoms with E-state index in [1.165, 1.54) is 4.68 Å². The zero-order valence-corrected chi connectivity index (χ0v) is 14.7. The molecule has 4 aromatic rings. The second-order valence-corrected chi connectivity index (χ2v) is 6.24. The van der Waals surface area contributed by atoms with Crippen molar-refractivity contribution in [2.75, 3.05) is 0 Å². The monoisotopic (exact) mass is 354 g/mol. The van der Waals surface area contributed by atoms with Gasteiger partial charge in [0.2, 0.25) is 5.78 Å². The van der Waals surface area contributed by atoms with Crippen LogP contribution in [0.15, 0.2) is 41.3 Å². The minimum atomic E-state index is -0.176. The predicted molar refractivity (Wildman–Crippen MR) is 95.3 cm³/mol. The molecule has 0 aliphatic rings. The average molecular weight is 355 g/mol. The van der Waals surface area contributed by atoms with Crippen LogP contribution in [0.25, 0.3) is 22.7 Å². The summed E-state index contributed by atoms with van der Waals surface area (Å²) in [5, 5.41) is 4.71. The molecule has 0 aliphatic heterocycles. The van der Waals surface area contributed by atoms with Crippen molar-refractivity contribution in [3.63, 3.8) is 0 Å². The first kappa shape index (κ1) is 15.6. The van der Waals surface area contributed by atoms with Gasteiger partial charge in [0.25, 0.3) is 0 Å². The maximum absolute atomic E-state index is 12.2. The summed E-state index contributed by atoms with van der Waals surface area (Å²) in [6, 6.07) is 9.36. The van der Waals surface area contributed by atoms with E-state index < -0.39 is 0 Å². The number of halogens is 1. The second-order valence-electron chi connectivity index (χ2n) is 5.85. The third-order valence-corrected chi connectivity index (χ3v) is 4.32. The molecule has 25 heavy (non-hydrogen) atoms. The number of rotatable bonds is 2. The van der Waals surface area contributed by atoms with Gasteiger partial charge >= 0.3 is 5.69 Å². The van der Waals surface area contributed by atoms with Gasteiger partial charge in [0.15, 0.2) is 0 Å². The van der Waals surface area contributed by atoms with Crippen molar-refractivity contribution in [3.8, 4) is 16.9 Å². The van der Waals surface area contributed by atoms with E-state index in [-0.39, 0.29) is 5.69 Å². The summed E-state index contributed by atoms with van der Waals surface area (Å²) >= 11 is 6.24. The molecular formula is C17H15ClN6O. The molecule has 126 valence electrons. The molecule has 3 heterocycles. The molecular weight excluding hydrogens is 340 g/mol. The van der Waals surface area contributed by atoms with Crippen LogP contribution in [-0.2, 0) is 7.05 Å². The summed E-state index contributed by atoms with van der Waals surface area (Å²) in [6.45, 7) is 3.68. The number of imidazole rings is 1. The van der Waals surface area contributed by atoms with Crippen molar-refractivity contribution >= 4 is 17.4 Å². The molecule has 4 rings (SSSR count). The Morgan fingerprint density at radius 1 is 1.08 bits per heavy atom. The fraction of sp³-hybridized carbons (Fsp3) is 0.176. The first-order valence-electron chi connectivity index (χ1n) is 7.70. The Morgan fingerprint density at radius 2 is 1.80 bits per heavy atom. The van der Waals surface area contributed by atoms with Gasteiger partial charge in [-0.1, -0.05) is 23.7 Å². The van der Waals surface area contributed by atoms with E-state index in [0.717, 1.165) is 22.6 Å². The average Bonchev–Trinajstić information content (AvgIpc) is 3.09. The third-order valence-electron chi connectivity index (χ3n) is 4.03. The van der Waals surface area contributed by atoms with Crippen LogP contribution in [0, 0.1) is 13.8 Å². The first-order chi connectivity index (χ1) is 11.9. The van der Waals surface area contributed by atoms with Gasteiger partial charge in [-0.25, -0.2) is 24.0 Å². The molecule has 7 nitrogen and oxygen atoms in total. The quantitative estimate of drug-likeness (QED) is 0.519. The molecule has 0 fully saturated rings. The predicted octanol–water partition coefficient (Wildman–Crippen LogP) is 2.55. The molecule has 0 N–H and O–H groups in total. The zero-order valence-electron chi connectivity index (χ0n) is 13.9. The van der Waals surface area contributed by atoms with Crippen LogP contribution in [-0.4, -0.2) is 28.7 Å². The highest BCUT2D eigenvalue weighted by molar-refractivity contribution is 6.29. The van der Waals surface area contributed by atoms with E-state index in [0.29, 0.717) is 16.8 Å². The summed E-state index contributed by atoms with van der Waals surface area (Å²) in [5.74, 6) is 1.20. The summed E-state index contributed by atoms with van der Waals surface area (Å²) < 4.78 is 4.63. The van der Waals surface area contributed by atoms with Crippen LogP contribution in [0.3, 0.4) is 0 Å². The lowest BCUT2D eigenvalue weighted by Crippen LogP contribution is -2.21. The summed E-state index contributed by atoms with van der Waals surface area (Å²) in [5.41, 5.74) is 3.08. The third kappa shape index (κ3) is 2.53. The Kier molecular flexibility index (Phi) is 3.47. The first-order valence-corrected chi connectivity index (χ1v) is 8.07. The summed E-state index contributed by atoms with van der Waals surface area (Å²) in [7, 11) is 1.63. The number of aryl methyl sites for hydroxylation is 3. The van der Waals surface area contributed by atoms with E-state index in [1.54, 1.807) is 29.0 Å². The van der Waals surface area contributed by atoms with E-state index in [4.69, 9.17) is 11.6 Å². The van der Waals surface area contributed by atoms with Crippen molar-refractivity contribution in [3.05, 3.63) is 63.7 Å². The normalized spacial score (nSPS) is 11.4. The summed E-state index contributed by atoms with van der Waals surface area (Å²) in [4.78, 5) is 21.1. The van der Waals surface area contributed by atoms with Crippen molar-refractivity contribution in [2.45, 2.75) is 13.8 Å². The summed E-state index contributed by atoms with van der Waals surface area (Å²) in [6.07, 6.45) is 1.85. The highest BCUT2D eigenvalue weighted by Crippen LogP contribution is 2.22. The molecule has 0 saturated carbocycles. The van der Waals surface area contributed by atoms with Crippen molar-refractivity contribution in [1.29, 1.82) is 0 Å². The lowest BCUT2D eigenvalue weighted by Gasteiger charge is -2.03. The van der Waals surface area contributed by atoms with Gasteiger partial charge in [0.05, 0.1) is 11.4 Å². The van der Waals surface area contributed by atoms with Crippen molar-refractivity contribution < 1.29 is 0 Å². The van der Waals surface area contributed by atoms with Crippen LogP contribution < -0.4 is 5.69 Å². The van der Waals surface area contributed by atoms with E-state index >= 15 is 0 Å². The Balaban J connectivity index is 1.78.